The Kier molecular flexibility index (Phi) is 4.57. The highest BCUT2D eigenvalue weighted by Gasteiger charge is 2.19. The van der Waals surface area contributed by atoms with Gasteiger partial charge in [0.2, 0.25) is 12.6 Å². The standard InChI is InChI=1S/C19H15NO5/c1-22-16-5-3-4-13(19(16)23-2)8-14(10-20)18(21)12-6-7-15-17(9-12)25-11-24-15/h3-9H,11H2,1-2H3/b14-8-. The normalized spacial score (nSPS) is 12.4. The van der Waals surface area contributed by atoms with Crippen LogP contribution in [0.1, 0.15) is 15.9 Å². The van der Waals surface area contributed by atoms with E-state index in [0.29, 0.717) is 34.1 Å². The Hall–Kier alpha value is -3.46. The molecule has 0 amide bonds. The molecule has 0 atom stereocenters. The smallest absolute Gasteiger partial charge is 0.231 e. The molecular weight excluding hydrogens is 322 g/mol. The maximum absolute atomic E-state index is 12.7. The number of benzene rings is 2. The Morgan fingerprint density at radius 2 is 1.96 bits per heavy atom. The molecule has 1 aliphatic rings. The first kappa shape index (κ1) is 16.4. The van der Waals surface area contributed by atoms with Gasteiger partial charge in [0, 0.05) is 11.1 Å². The highest BCUT2D eigenvalue weighted by Crippen LogP contribution is 2.34. The number of allylic oxidation sites excluding steroid dienone is 1. The number of ketones is 1. The van der Waals surface area contributed by atoms with E-state index in [2.05, 4.69) is 0 Å². The monoisotopic (exact) mass is 337 g/mol. The third-order valence-electron chi connectivity index (χ3n) is 3.73. The average Bonchev–Trinajstić information content (AvgIpc) is 3.12. The fourth-order valence-electron chi connectivity index (χ4n) is 2.52. The SMILES string of the molecule is COc1cccc(/C=C(/C#N)C(=O)c2ccc3c(c2)OCO3)c1OC. The molecule has 0 N–H and O–H groups in total. The predicted octanol–water partition coefficient (Wildman–Crippen LogP) is 3.22. The van der Waals surface area contributed by atoms with E-state index < -0.39 is 5.78 Å². The number of hydrogen-bond donors (Lipinski definition) is 0. The van der Waals surface area contributed by atoms with E-state index in [-0.39, 0.29) is 12.4 Å². The van der Waals surface area contributed by atoms with Gasteiger partial charge in [0.15, 0.2) is 23.0 Å². The minimum Gasteiger partial charge on any atom is -0.493 e. The Morgan fingerprint density at radius 1 is 1.16 bits per heavy atom. The van der Waals surface area contributed by atoms with Crippen molar-refractivity contribution in [2.24, 2.45) is 0 Å². The van der Waals surface area contributed by atoms with Crippen LogP contribution in [0, 0.1) is 11.3 Å². The molecule has 3 rings (SSSR count). The number of nitrogens with zero attached hydrogens (tertiary/aromatic N) is 1. The zero-order chi connectivity index (χ0) is 17.8. The molecule has 126 valence electrons. The zero-order valence-electron chi connectivity index (χ0n) is 13.7. The lowest BCUT2D eigenvalue weighted by Crippen LogP contribution is -2.02. The summed E-state index contributed by atoms with van der Waals surface area (Å²) in [4.78, 5) is 12.7. The van der Waals surface area contributed by atoms with Crippen LogP contribution in [-0.4, -0.2) is 26.8 Å². The van der Waals surface area contributed by atoms with E-state index in [1.165, 1.54) is 20.3 Å². The third kappa shape index (κ3) is 3.12. The summed E-state index contributed by atoms with van der Waals surface area (Å²) in [6.07, 6.45) is 1.48. The van der Waals surface area contributed by atoms with Crippen molar-refractivity contribution >= 4 is 11.9 Å². The highest BCUT2D eigenvalue weighted by molar-refractivity contribution is 6.14. The second-order valence-corrected chi connectivity index (χ2v) is 5.15. The molecule has 0 bridgehead atoms. The van der Waals surface area contributed by atoms with Gasteiger partial charge in [-0.25, -0.2) is 0 Å². The van der Waals surface area contributed by atoms with Gasteiger partial charge in [-0.15, -0.1) is 0 Å². The maximum atomic E-state index is 12.7. The molecule has 0 fully saturated rings. The molecule has 0 aromatic heterocycles. The van der Waals surface area contributed by atoms with Gasteiger partial charge in [0.1, 0.15) is 11.6 Å². The van der Waals surface area contributed by atoms with Gasteiger partial charge < -0.3 is 18.9 Å². The van der Waals surface area contributed by atoms with Crippen LogP contribution in [0.15, 0.2) is 42.0 Å². The van der Waals surface area contributed by atoms with Crippen LogP contribution in [-0.2, 0) is 0 Å². The van der Waals surface area contributed by atoms with Crippen molar-refractivity contribution in [3.63, 3.8) is 0 Å². The van der Waals surface area contributed by atoms with Crippen molar-refractivity contribution in [1.82, 2.24) is 0 Å². The van der Waals surface area contributed by atoms with E-state index in [0.717, 1.165) is 0 Å². The number of Topliss-reactive ketones (excluding diaryl/α,β-unsaturated/α-hetero) is 1. The number of hydrogen-bond acceptors (Lipinski definition) is 6. The summed E-state index contributed by atoms with van der Waals surface area (Å²) in [6, 6.07) is 12.0. The van der Waals surface area contributed by atoms with Crippen LogP contribution in [0.3, 0.4) is 0 Å². The Labute approximate surface area is 144 Å². The van der Waals surface area contributed by atoms with Crippen molar-refractivity contribution < 1.29 is 23.7 Å². The molecule has 2 aromatic carbocycles. The maximum Gasteiger partial charge on any atom is 0.231 e. The third-order valence-corrected chi connectivity index (χ3v) is 3.73. The van der Waals surface area contributed by atoms with Gasteiger partial charge in [-0.3, -0.25) is 4.79 Å². The van der Waals surface area contributed by atoms with Crippen LogP contribution < -0.4 is 18.9 Å². The lowest BCUT2D eigenvalue weighted by Gasteiger charge is -2.10. The fraction of sp³-hybridized carbons (Fsp3) is 0.158. The zero-order valence-corrected chi connectivity index (χ0v) is 13.7. The number of methoxy groups -OCH3 is 2. The van der Waals surface area contributed by atoms with Crippen molar-refractivity contribution in [2.45, 2.75) is 0 Å². The first-order chi connectivity index (χ1) is 12.2. The largest absolute Gasteiger partial charge is 0.493 e. The first-order valence-corrected chi connectivity index (χ1v) is 7.45. The van der Waals surface area contributed by atoms with Crippen LogP contribution in [0.2, 0.25) is 0 Å². The molecule has 0 saturated heterocycles. The molecule has 0 spiro atoms. The van der Waals surface area contributed by atoms with E-state index in [4.69, 9.17) is 18.9 Å². The molecule has 25 heavy (non-hydrogen) atoms. The van der Waals surface area contributed by atoms with E-state index in [1.807, 2.05) is 6.07 Å². The van der Waals surface area contributed by atoms with Gasteiger partial charge >= 0.3 is 0 Å². The van der Waals surface area contributed by atoms with Gasteiger partial charge in [-0.2, -0.15) is 5.26 Å². The second-order valence-electron chi connectivity index (χ2n) is 5.15. The Morgan fingerprint density at radius 3 is 2.68 bits per heavy atom. The van der Waals surface area contributed by atoms with E-state index in [1.54, 1.807) is 36.4 Å². The highest BCUT2D eigenvalue weighted by atomic mass is 16.7. The van der Waals surface area contributed by atoms with Crippen LogP contribution in [0.5, 0.6) is 23.0 Å². The summed E-state index contributed by atoms with van der Waals surface area (Å²) in [5, 5.41) is 9.44. The van der Waals surface area contributed by atoms with Gasteiger partial charge in [0.25, 0.3) is 0 Å². The number of carbonyl (C=O) groups excluding carboxylic acids is 1. The van der Waals surface area contributed by atoms with Gasteiger partial charge in [-0.05, 0) is 30.3 Å². The number of rotatable bonds is 5. The topological polar surface area (TPSA) is 77.8 Å². The number of para-hydroxylation sites is 1. The fourth-order valence-corrected chi connectivity index (χ4v) is 2.52. The molecule has 1 aliphatic heterocycles. The molecular formula is C19H15NO5. The summed E-state index contributed by atoms with van der Waals surface area (Å²) in [5.74, 6) is 1.63. The molecule has 0 unspecified atom stereocenters. The van der Waals surface area contributed by atoms with Crippen molar-refractivity contribution in [3.8, 4) is 29.1 Å². The number of fused-ring (bicyclic) bond motifs is 1. The summed E-state index contributed by atoms with van der Waals surface area (Å²) in [5.41, 5.74) is 0.900. The van der Waals surface area contributed by atoms with Crippen LogP contribution in [0.4, 0.5) is 0 Å². The first-order valence-electron chi connectivity index (χ1n) is 7.45. The van der Waals surface area contributed by atoms with E-state index in [9.17, 15) is 10.1 Å². The molecule has 6 heteroatoms. The summed E-state index contributed by atoms with van der Waals surface area (Å²) < 4.78 is 21.1. The minimum absolute atomic E-state index is 0.0228. The number of ether oxygens (including phenoxy) is 4. The van der Waals surface area contributed by atoms with Crippen molar-refractivity contribution in [1.29, 1.82) is 5.26 Å². The predicted molar refractivity (Wildman–Crippen MR) is 90.0 cm³/mol. The lowest BCUT2D eigenvalue weighted by atomic mass is 10.0. The molecule has 0 radical (unpaired) electrons. The Balaban J connectivity index is 1.99. The molecule has 0 aliphatic carbocycles. The minimum atomic E-state index is -0.411. The van der Waals surface area contributed by atoms with Gasteiger partial charge in [0.05, 0.1) is 14.2 Å². The molecule has 6 nitrogen and oxygen atoms in total. The Bertz CT molecular complexity index is 895. The van der Waals surface area contributed by atoms with Crippen LogP contribution >= 0.6 is 0 Å². The van der Waals surface area contributed by atoms with Gasteiger partial charge in [-0.1, -0.05) is 12.1 Å². The molecule has 1 heterocycles. The lowest BCUT2D eigenvalue weighted by molar-refractivity contribution is 0.103. The molecule has 2 aromatic rings. The average molecular weight is 337 g/mol. The summed E-state index contributed by atoms with van der Waals surface area (Å²) in [7, 11) is 3.02. The number of nitriles is 1. The van der Waals surface area contributed by atoms with E-state index >= 15 is 0 Å². The van der Waals surface area contributed by atoms with Crippen molar-refractivity contribution in [2.75, 3.05) is 21.0 Å². The summed E-state index contributed by atoms with van der Waals surface area (Å²) >= 11 is 0. The van der Waals surface area contributed by atoms with Crippen molar-refractivity contribution in [3.05, 3.63) is 53.1 Å². The summed E-state index contributed by atoms with van der Waals surface area (Å²) in [6.45, 7) is 0.120. The van der Waals surface area contributed by atoms with Crippen LogP contribution in [0.25, 0.3) is 6.08 Å². The second kappa shape index (κ2) is 6.97. The number of carbonyl (C=O) groups is 1. The molecule has 0 saturated carbocycles. The quantitative estimate of drug-likeness (QED) is 0.473.